The molecule has 2 aromatic rings. The second-order valence-corrected chi connectivity index (χ2v) is 4.72. The Bertz CT molecular complexity index is 567. The van der Waals surface area contributed by atoms with Gasteiger partial charge < -0.3 is 9.64 Å². The third-order valence-corrected chi connectivity index (χ3v) is 3.34. The number of rotatable bonds is 4. The number of aromatic nitrogens is 3. The van der Waals surface area contributed by atoms with E-state index >= 15 is 0 Å². The Labute approximate surface area is 118 Å². The lowest BCUT2D eigenvalue weighted by Crippen LogP contribution is -2.20. The van der Waals surface area contributed by atoms with Crippen molar-refractivity contribution in [1.29, 1.82) is 0 Å². The van der Waals surface area contributed by atoms with Gasteiger partial charge in [0.1, 0.15) is 5.69 Å². The van der Waals surface area contributed by atoms with Crippen molar-refractivity contribution >= 4 is 5.82 Å². The number of anilines is 1. The van der Waals surface area contributed by atoms with Crippen LogP contribution in [0.1, 0.15) is 19.8 Å². The molecule has 2 aromatic heterocycles. The normalized spacial score (nSPS) is 14.6. The topological polar surface area (TPSA) is 51.1 Å². The zero-order valence-corrected chi connectivity index (χ0v) is 11.6. The van der Waals surface area contributed by atoms with E-state index in [-0.39, 0.29) is 0 Å². The Morgan fingerprint density at radius 2 is 2.05 bits per heavy atom. The van der Waals surface area contributed by atoms with E-state index in [1.54, 1.807) is 12.4 Å². The maximum atomic E-state index is 5.65. The fourth-order valence-corrected chi connectivity index (χ4v) is 2.39. The first-order valence-electron chi connectivity index (χ1n) is 7.04. The Balaban J connectivity index is 1.99. The summed E-state index contributed by atoms with van der Waals surface area (Å²) < 4.78 is 5.65. The largest absolute Gasteiger partial charge is 0.488 e. The van der Waals surface area contributed by atoms with E-state index in [9.17, 15) is 0 Å². The molecule has 0 spiro atoms. The number of ether oxygens (including phenoxy) is 1. The molecule has 0 bridgehead atoms. The van der Waals surface area contributed by atoms with Crippen LogP contribution in [0.25, 0.3) is 11.5 Å². The van der Waals surface area contributed by atoms with Crippen molar-refractivity contribution in [3.63, 3.8) is 0 Å². The van der Waals surface area contributed by atoms with Crippen LogP contribution in [-0.2, 0) is 0 Å². The molecule has 104 valence electrons. The summed E-state index contributed by atoms with van der Waals surface area (Å²) in [7, 11) is 0. The molecular formula is C15H18N4O. The van der Waals surface area contributed by atoms with Crippen LogP contribution in [0.5, 0.6) is 5.75 Å². The van der Waals surface area contributed by atoms with Crippen LogP contribution >= 0.6 is 0 Å². The Kier molecular flexibility index (Phi) is 3.76. The molecule has 5 nitrogen and oxygen atoms in total. The van der Waals surface area contributed by atoms with Crippen LogP contribution < -0.4 is 9.64 Å². The van der Waals surface area contributed by atoms with Crippen LogP contribution in [0.4, 0.5) is 5.82 Å². The fourth-order valence-electron chi connectivity index (χ4n) is 2.39. The minimum Gasteiger partial charge on any atom is -0.488 e. The number of nitrogens with zero attached hydrogens (tertiary/aromatic N) is 4. The van der Waals surface area contributed by atoms with E-state index in [1.165, 1.54) is 12.8 Å². The van der Waals surface area contributed by atoms with Crippen molar-refractivity contribution in [2.75, 3.05) is 24.6 Å². The lowest BCUT2D eigenvalue weighted by atomic mass is 10.3. The second kappa shape index (κ2) is 5.86. The number of hydrogen-bond donors (Lipinski definition) is 0. The van der Waals surface area contributed by atoms with Crippen molar-refractivity contribution in [2.24, 2.45) is 0 Å². The average molecular weight is 270 g/mol. The average Bonchev–Trinajstić information content (AvgIpc) is 3.03. The molecule has 0 N–H and O–H groups in total. The molecule has 3 rings (SSSR count). The molecular weight excluding hydrogens is 252 g/mol. The highest BCUT2D eigenvalue weighted by Gasteiger charge is 2.19. The van der Waals surface area contributed by atoms with Crippen LogP contribution in [0, 0.1) is 0 Å². The standard InChI is InChI=1S/C15H18N4O/c1-2-20-13-11-17-14(12-7-3-4-8-16-12)18-15(13)19-9-5-6-10-19/h3-4,7-8,11H,2,5-6,9-10H2,1H3. The first-order chi connectivity index (χ1) is 9.88. The highest BCUT2D eigenvalue weighted by Crippen LogP contribution is 2.30. The predicted molar refractivity (Wildman–Crippen MR) is 77.9 cm³/mol. The SMILES string of the molecule is CCOc1cnc(-c2ccccn2)nc1N1CCCC1. The van der Waals surface area contributed by atoms with Gasteiger partial charge >= 0.3 is 0 Å². The molecule has 1 aliphatic heterocycles. The first kappa shape index (κ1) is 12.8. The summed E-state index contributed by atoms with van der Waals surface area (Å²) in [6, 6.07) is 5.75. The van der Waals surface area contributed by atoms with E-state index in [4.69, 9.17) is 4.74 Å². The molecule has 0 unspecified atom stereocenters. The zero-order valence-electron chi connectivity index (χ0n) is 11.6. The van der Waals surface area contributed by atoms with Crippen LogP contribution in [0.3, 0.4) is 0 Å². The van der Waals surface area contributed by atoms with Crippen molar-refractivity contribution in [2.45, 2.75) is 19.8 Å². The molecule has 0 radical (unpaired) electrons. The lowest BCUT2D eigenvalue weighted by molar-refractivity contribution is 0.338. The van der Waals surface area contributed by atoms with Crippen LogP contribution in [-0.4, -0.2) is 34.6 Å². The quantitative estimate of drug-likeness (QED) is 0.854. The minimum atomic E-state index is 0.618. The van der Waals surface area contributed by atoms with Gasteiger partial charge in [-0.05, 0) is 31.9 Å². The van der Waals surface area contributed by atoms with E-state index < -0.39 is 0 Å². The van der Waals surface area contributed by atoms with E-state index in [0.717, 1.165) is 30.4 Å². The zero-order chi connectivity index (χ0) is 13.8. The van der Waals surface area contributed by atoms with Gasteiger partial charge in [-0.2, -0.15) is 0 Å². The van der Waals surface area contributed by atoms with Gasteiger partial charge in [-0.15, -0.1) is 0 Å². The van der Waals surface area contributed by atoms with E-state index in [0.29, 0.717) is 12.4 Å². The maximum Gasteiger partial charge on any atom is 0.180 e. The molecule has 0 amide bonds. The highest BCUT2D eigenvalue weighted by atomic mass is 16.5. The van der Waals surface area contributed by atoms with Gasteiger partial charge in [0.25, 0.3) is 0 Å². The third-order valence-electron chi connectivity index (χ3n) is 3.34. The van der Waals surface area contributed by atoms with Gasteiger partial charge in [-0.25, -0.2) is 9.97 Å². The summed E-state index contributed by atoms with van der Waals surface area (Å²) in [6.07, 6.45) is 5.92. The Morgan fingerprint density at radius 1 is 1.20 bits per heavy atom. The van der Waals surface area contributed by atoms with Crippen molar-refractivity contribution in [1.82, 2.24) is 15.0 Å². The molecule has 0 saturated carbocycles. The predicted octanol–water partition coefficient (Wildman–Crippen LogP) is 2.54. The van der Waals surface area contributed by atoms with Crippen LogP contribution in [0.2, 0.25) is 0 Å². The van der Waals surface area contributed by atoms with Gasteiger partial charge in [-0.1, -0.05) is 6.07 Å². The molecule has 1 saturated heterocycles. The molecule has 1 aliphatic rings. The van der Waals surface area contributed by atoms with Crippen molar-refractivity contribution < 1.29 is 4.74 Å². The Hall–Kier alpha value is -2.17. The van der Waals surface area contributed by atoms with Gasteiger partial charge in [0.2, 0.25) is 0 Å². The monoisotopic (exact) mass is 270 g/mol. The summed E-state index contributed by atoms with van der Waals surface area (Å²) in [5.41, 5.74) is 0.788. The van der Waals surface area contributed by atoms with Gasteiger partial charge in [-0.3, -0.25) is 4.98 Å². The summed E-state index contributed by atoms with van der Waals surface area (Å²) in [5.74, 6) is 2.30. The maximum absolute atomic E-state index is 5.65. The molecule has 20 heavy (non-hydrogen) atoms. The second-order valence-electron chi connectivity index (χ2n) is 4.72. The molecule has 0 aliphatic carbocycles. The van der Waals surface area contributed by atoms with E-state index in [2.05, 4.69) is 19.9 Å². The number of pyridine rings is 1. The summed E-state index contributed by atoms with van der Waals surface area (Å²) in [6.45, 7) is 4.64. The van der Waals surface area contributed by atoms with Gasteiger partial charge in [0.15, 0.2) is 17.4 Å². The smallest absolute Gasteiger partial charge is 0.180 e. The van der Waals surface area contributed by atoms with E-state index in [1.807, 2.05) is 25.1 Å². The van der Waals surface area contributed by atoms with Crippen molar-refractivity contribution in [3.8, 4) is 17.3 Å². The lowest BCUT2D eigenvalue weighted by Gasteiger charge is -2.20. The summed E-state index contributed by atoms with van der Waals surface area (Å²) in [5, 5.41) is 0. The molecule has 3 heterocycles. The molecule has 0 aromatic carbocycles. The highest BCUT2D eigenvalue weighted by molar-refractivity contribution is 5.58. The van der Waals surface area contributed by atoms with Gasteiger partial charge in [0, 0.05) is 19.3 Å². The summed E-state index contributed by atoms with van der Waals surface area (Å²) >= 11 is 0. The molecule has 0 atom stereocenters. The molecule has 5 heteroatoms. The first-order valence-corrected chi connectivity index (χ1v) is 7.04. The van der Waals surface area contributed by atoms with Crippen molar-refractivity contribution in [3.05, 3.63) is 30.6 Å². The summed E-state index contributed by atoms with van der Waals surface area (Å²) in [4.78, 5) is 15.6. The fraction of sp³-hybridized carbons (Fsp3) is 0.400. The van der Waals surface area contributed by atoms with Crippen LogP contribution in [0.15, 0.2) is 30.6 Å². The van der Waals surface area contributed by atoms with Gasteiger partial charge in [0.05, 0.1) is 12.8 Å². The minimum absolute atomic E-state index is 0.618. The third kappa shape index (κ3) is 2.57. The number of hydrogen-bond acceptors (Lipinski definition) is 5. The Morgan fingerprint density at radius 3 is 2.75 bits per heavy atom. The molecule has 1 fully saturated rings.